The predicted molar refractivity (Wildman–Crippen MR) is 87.7 cm³/mol. The van der Waals surface area contributed by atoms with Gasteiger partial charge in [0.2, 0.25) is 5.91 Å². The summed E-state index contributed by atoms with van der Waals surface area (Å²) < 4.78 is 1.51. The van der Waals surface area contributed by atoms with E-state index >= 15 is 0 Å². The summed E-state index contributed by atoms with van der Waals surface area (Å²) in [5.41, 5.74) is 2.85. The molecule has 3 aromatic heterocycles. The minimum absolute atomic E-state index is 0.0598. The second kappa shape index (κ2) is 7.02. The molecule has 3 rings (SSSR count). The van der Waals surface area contributed by atoms with Crippen LogP contribution in [0.25, 0.3) is 10.6 Å². The van der Waals surface area contributed by atoms with Crippen LogP contribution in [0.2, 0.25) is 0 Å². The monoisotopic (exact) mass is 343 g/mol. The highest BCUT2D eigenvalue weighted by Gasteiger charge is 2.12. The molecule has 24 heavy (non-hydrogen) atoms. The van der Waals surface area contributed by atoms with Crippen molar-refractivity contribution in [1.29, 1.82) is 0 Å². The van der Waals surface area contributed by atoms with Gasteiger partial charge >= 0.3 is 0 Å². The van der Waals surface area contributed by atoms with E-state index in [0.29, 0.717) is 16.3 Å². The number of hydrogen-bond acceptors (Lipinski definition) is 6. The lowest BCUT2D eigenvalue weighted by Crippen LogP contribution is -2.19. The molecule has 0 spiro atoms. The molecule has 0 atom stereocenters. The Balaban J connectivity index is 1.66. The van der Waals surface area contributed by atoms with Crippen LogP contribution in [0.3, 0.4) is 0 Å². The molecular weight excluding hydrogens is 330 g/mol. The van der Waals surface area contributed by atoms with Crippen LogP contribution in [0.1, 0.15) is 9.67 Å². The Morgan fingerprint density at radius 2 is 2.12 bits per heavy atom. The molecule has 9 heteroatoms. The van der Waals surface area contributed by atoms with Gasteiger partial charge in [-0.2, -0.15) is 5.10 Å². The van der Waals surface area contributed by atoms with Crippen molar-refractivity contribution in [2.75, 3.05) is 5.32 Å². The molecule has 0 saturated heterocycles. The summed E-state index contributed by atoms with van der Waals surface area (Å²) in [6.45, 7) is 0.0598. The average Bonchev–Trinajstić information content (AvgIpc) is 3.24. The minimum Gasteiger partial charge on any atom is -0.323 e. The molecule has 0 unspecified atom stereocenters. The van der Waals surface area contributed by atoms with Gasteiger partial charge in [0.05, 0.1) is 21.6 Å². The van der Waals surface area contributed by atoms with Crippen molar-refractivity contribution in [3.63, 3.8) is 0 Å². The molecule has 8 nitrogen and oxygen atoms in total. The smallest absolute Gasteiger partial charge is 0.284 e. The Kier molecular flexibility index (Phi) is 4.64. The standard InChI is InChI=1S/C15H13N5O3S/c21-14(17-10-2-1-6-16-8-10)9-20-7-5-11(18-20)12-3-4-13(24-12)15(22)19-23/h1-8,23H,9H2,(H,17,21)(H,19,22). The summed E-state index contributed by atoms with van der Waals surface area (Å²) >= 11 is 1.20. The number of carbonyl (C=O) groups is 2. The van der Waals surface area contributed by atoms with Gasteiger partial charge in [0.25, 0.3) is 5.91 Å². The lowest BCUT2D eigenvalue weighted by atomic mass is 10.3. The zero-order valence-corrected chi connectivity index (χ0v) is 13.2. The van der Waals surface area contributed by atoms with Gasteiger partial charge in [-0.05, 0) is 30.3 Å². The number of hydroxylamine groups is 1. The number of amides is 2. The van der Waals surface area contributed by atoms with E-state index in [1.807, 2.05) is 0 Å². The fourth-order valence-corrected chi connectivity index (χ4v) is 2.88. The number of rotatable bonds is 5. The molecule has 0 aromatic carbocycles. The van der Waals surface area contributed by atoms with E-state index in [9.17, 15) is 9.59 Å². The van der Waals surface area contributed by atoms with Crippen LogP contribution in [0, 0.1) is 0 Å². The Morgan fingerprint density at radius 3 is 2.88 bits per heavy atom. The predicted octanol–water partition coefficient (Wildman–Crippen LogP) is 1.76. The van der Waals surface area contributed by atoms with Gasteiger partial charge in [-0.25, -0.2) is 5.48 Å². The van der Waals surface area contributed by atoms with Crippen LogP contribution in [-0.4, -0.2) is 31.8 Å². The van der Waals surface area contributed by atoms with Gasteiger partial charge in [-0.3, -0.25) is 24.5 Å². The molecule has 122 valence electrons. The molecule has 0 aliphatic carbocycles. The third-order valence-electron chi connectivity index (χ3n) is 3.08. The third kappa shape index (κ3) is 3.65. The van der Waals surface area contributed by atoms with Crippen LogP contribution in [0.15, 0.2) is 48.9 Å². The van der Waals surface area contributed by atoms with Crippen molar-refractivity contribution < 1.29 is 14.8 Å². The summed E-state index contributed by atoms with van der Waals surface area (Å²) in [4.78, 5) is 28.4. The lowest BCUT2D eigenvalue weighted by Gasteiger charge is -2.04. The molecule has 0 fully saturated rings. The van der Waals surface area contributed by atoms with Gasteiger partial charge in [0.15, 0.2) is 0 Å². The average molecular weight is 343 g/mol. The van der Waals surface area contributed by atoms with Crippen molar-refractivity contribution >= 4 is 28.8 Å². The van der Waals surface area contributed by atoms with Crippen molar-refractivity contribution in [3.05, 3.63) is 53.8 Å². The van der Waals surface area contributed by atoms with Crippen molar-refractivity contribution in [1.82, 2.24) is 20.2 Å². The first-order chi connectivity index (χ1) is 11.7. The van der Waals surface area contributed by atoms with E-state index in [-0.39, 0.29) is 12.5 Å². The highest BCUT2D eigenvalue weighted by atomic mass is 32.1. The van der Waals surface area contributed by atoms with Crippen molar-refractivity contribution in [2.24, 2.45) is 0 Å². The van der Waals surface area contributed by atoms with Crippen LogP contribution < -0.4 is 10.8 Å². The molecule has 3 N–H and O–H groups in total. The summed E-state index contributed by atoms with van der Waals surface area (Å²) in [6.07, 6.45) is 4.87. The highest BCUT2D eigenvalue weighted by Crippen LogP contribution is 2.26. The quantitative estimate of drug-likeness (QED) is 0.483. The summed E-state index contributed by atoms with van der Waals surface area (Å²) in [7, 11) is 0. The largest absolute Gasteiger partial charge is 0.323 e. The highest BCUT2D eigenvalue weighted by molar-refractivity contribution is 7.17. The topological polar surface area (TPSA) is 109 Å². The maximum absolute atomic E-state index is 12.0. The van der Waals surface area contributed by atoms with E-state index in [2.05, 4.69) is 15.4 Å². The van der Waals surface area contributed by atoms with E-state index in [1.165, 1.54) is 16.0 Å². The van der Waals surface area contributed by atoms with Crippen LogP contribution in [-0.2, 0) is 11.3 Å². The Hall–Kier alpha value is -3.04. The molecule has 0 radical (unpaired) electrons. The lowest BCUT2D eigenvalue weighted by molar-refractivity contribution is -0.116. The molecule has 0 aliphatic rings. The van der Waals surface area contributed by atoms with Gasteiger partial charge in [0, 0.05) is 12.4 Å². The summed E-state index contributed by atoms with van der Waals surface area (Å²) in [5, 5.41) is 15.7. The number of pyridine rings is 1. The van der Waals surface area contributed by atoms with E-state index in [1.54, 1.807) is 54.4 Å². The fraction of sp³-hybridized carbons (Fsp3) is 0.0667. The molecule has 3 aromatic rings. The number of nitrogens with one attached hydrogen (secondary N) is 2. The molecule has 0 saturated carbocycles. The second-order valence-electron chi connectivity index (χ2n) is 4.79. The zero-order valence-electron chi connectivity index (χ0n) is 12.3. The Morgan fingerprint density at radius 1 is 1.25 bits per heavy atom. The number of hydrogen-bond donors (Lipinski definition) is 3. The second-order valence-corrected chi connectivity index (χ2v) is 5.88. The molecule has 0 bridgehead atoms. The van der Waals surface area contributed by atoms with Crippen molar-refractivity contribution in [3.8, 4) is 10.6 Å². The zero-order chi connectivity index (χ0) is 16.9. The van der Waals surface area contributed by atoms with Crippen LogP contribution in [0.5, 0.6) is 0 Å². The van der Waals surface area contributed by atoms with E-state index in [0.717, 1.165) is 4.88 Å². The number of carbonyl (C=O) groups excluding carboxylic acids is 2. The van der Waals surface area contributed by atoms with Gasteiger partial charge in [-0.1, -0.05) is 0 Å². The van der Waals surface area contributed by atoms with Gasteiger partial charge < -0.3 is 5.32 Å². The van der Waals surface area contributed by atoms with Gasteiger partial charge in [-0.15, -0.1) is 11.3 Å². The van der Waals surface area contributed by atoms with Gasteiger partial charge in [0.1, 0.15) is 12.2 Å². The molecule has 3 heterocycles. The summed E-state index contributed by atoms with van der Waals surface area (Å²) in [6, 6.07) is 8.57. The minimum atomic E-state index is -0.568. The van der Waals surface area contributed by atoms with E-state index in [4.69, 9.17) is 5.21 Å². The Bertz CT molecular complexity index is 859. The molecule has 2 amide bonds. The number of nitrogens with zero attached hydrogens (tertiary/aromatic N) is 3. The normalized spacial score (nSPS) is 10.4. The first-order valence-electron chi connectivity index (χ1n) is 6.93. The molecular formula is C15H13N5O3S. The number of aromatic nitrogens is 3. The Labute approximate surface area is 140 Å². The first-order valence-corrected chi connectivity index (χ1v) is 7.75. The maximum Gasteiger partial charge on any atom is 0.284 e. The van der Waals surface area contributed by atoms with Crippen LogP contribution in [0.4, 0.5) is 5.69 Å². The fourth-order valence-electron chi connectivity index (χ4n) is 2.02. The summed E-state index contributed by atoms with van der Waals surface area (Å²) in [5.74, 6) is -0.786. The maximum atomic E-state index is 12.0. The SMILES string of the molecule is O=C(Cn1ccc(-c2ccc(C(=O)NO)s2)n1)Nc1cccnc1. The van der Waals surface area contributed by atoms with E-state index < -0.39 is 5.91 Å². The first kappa shape index (κ1) is 15.8. The third-order valence-corrected chi connectivity index (χ3v) is 4.18. The number of anilines is 1. The van der Waals surface area contributed by atoms with Crippen LogP contribution >= 0.6 is 11.3 Å². The molecule has 0 aliphatic heterocycles. The number of thiophene rings is 1. The van der Waals surface area contributed by atoms with Crippen molar-refractivity contribution in [2.45, 2.75) is 6.54 Å².